The summed E-state index contributed by atoms with van der Waals surface area (Å²) >= 11 is 1.56. The van der Waals surface area contributed by atoms with E-state index in [1.54, 1.807) is 18.3 Å². The average molecular weight is 421 g/mol. The monoisotopic (exact) mass is 420 g/mol. The van der Waals surface area contributed by atoms with E-state index in [0.29, 0.717) is 19.6 Å². The molecule has 0 unspecified atom stereocenters. The van der Waals surface area contributed by atoms with Gasteiger partial charge in [-0.1, -0.05) is 30.3 Å². The number of carbonyl (C=O) groups excluding carboxylic acids is 2. The van der Waals surface area contributed by atoms with E-state index in [1.807, 2.05) is 64.9 Å². The Morgan fingerprint density at radius 3 is 2.37 bits per heavy atom. The van der Waals surface area contributed by atoms with Gasteiger partial charge in [0.25, 0.3) is 0 Å². The van der Waals surface area contributed by atoms with Crippen LogP contribution in [0.2, 0.25) is 0 Å². The lowest BCUT2D eigenvalue weighted by atomic mass is 10.1. The summed E-state index contributed by atoms with van der Waals surface area (Å²) < 4.78 is 0. The van der Waals surface area contributed by atoms with Crippen molar-refractivity contribution < 1.29 is 9.59 Å². The van der Waals surface area contributed by atoms with Crippen LogP contribution in [0.5, 0.6) is 0 Å². The van der Waals surface area contributed by atoms with Crippen molar-refractivity contribution in [3.05, 3.63) is 70.5 Å². The molecule has 0 radical (unpaired) electrons. The van der Waals surface area contributed by atoms with Crippen molar-refractivity contribution in [3.8, 4) is 11.3 Å². The second-order valence-corrected chi connectivity index (χ2v) is 8.17. The molecule has 1 saturated heterocycles. The summed E-state index contributed by atoms with van der Waals surface area (Å²) in [4.78, 5) is 32.7. The van der Waals surface area contributed by atoms with Crippen LogP contribution < -0.4 is 10.2 Å². The standard InChI is InChI=1S/C23H24N4O2S/c1-17(28)18-7-9-20(10-8-18)26-11-13-27(14-12-26)23(29)24-15-22-25-21(16-30-22)19-5-3-2-4-6-19/h2-10,16H,11-15H2,1H3,(H,24,29). The van der Waals surface area contributed by atoms with Gasteiger partial charge in [0, 0.05) is 48.4 Å². The van der Waals surface area contributed by atoms with E-state index in [2.05, 4.69) is 15.2 Å². The summed E-state index contributed by atoms with van der Waals surface area (Å²) in [5.74, 6) is 0.0687. The highest BCUT2D eigenvalue weighted by Crippen LogP contribution is 2.21. The minimum absolute atomic E-state index is 0.0574. The highest BCUT2D eigenvalue weighted by atomic mass is 32.1. The molecule has 1 aromatic heterocycles. The van der Waals surface area contributed by atoms with Gasteiger partial charge in [-0.2, -0.15) is 0 Å². The van der Waals surface area contributed by atoms with Crippen molar-refractivity contribution in [1.29, 1.82) is 0 Å². The summed E-state index contributed by atoms with van der Waals surface area (Å²) in [5.41, 5.74) is 3.82. The Morgan fingerprint density at radius 2 is 1.70 bits per heavy atom. The molecule has 1 aliphatic heterocycles. The third kappa shape index (κ3) is 4.68. The summed E-state index contributed by atoms with van der Waals surface area (Å²) in [5, 5.41) is 5.90. The number of thiazole rings is 1. The van der Waals surface area contributed by atoms with Gasteiger partial charge >= 0.3 is 6.03 Å². The van der Waals surface area contributed by atoms with Crippen LogP contribution in [-0.2, 0) is 6.54 Å². The molecule has 6 nitrogen and oxygen atoms in total. The predicted octanol–water partition coefficient (Wildman–Crippen LogP) is 4.04. The van der Waals surface area contributed by atoms with Crippen LogP contribution in [0.4, 0.5) is 10.5 Å². The van der Waals surface area contributed by atoms with Gasteiger partial charge in [-0.15, -0.1) is 11.3 Å². The molecule has 1 fully saturated rings. The molecule has 4 rings (SSSR count). The van der Waals surface area contributed by atoms with Crippen LogP contribution in [0.1, 0.15) is 22.3 Å². The fourth-order valence-electron chi connectivity index (χ4n) is 3.47. The number of anilines is 1. The number of rotatable bonds is 5. The topological polar surface area (TPSA) is 65.5 Å². The lowest BCUT2D eigenvalue weighted by Crippen LogP contribution is -2.51. The maximum absolute atomic E-state index is 12.5. The van der Waals surface area contributed by atoms with Crippen molar-refractivity contribution >= 4 is 28.8 Å². The number of Topliss-reactive ketones (excluding diaryl/α,β-unsaturated/α-hetero) is 1. The summed E-state index contributed by atoms with van der Waals surface area (Å²) in [6.45, 7) is 4.86. The Hall–Kier alpha value is -3.19. The molecular weight excluding hydrogens is 396 g/mol. The second kappa shape index (κ2) is 9.09. The minimum Gasteiger partial charge on any atom is -0.368 e. The number of hydrogen-bond donors (Lipinski definition) is 1. The normalized spacial score (nSPS) is 13.9. The molecule has 3 aromatic rings. The summed E-state index contributed by atoms with van der Waals surface area (Å²) in [6.07, 6.45) is 0. The van der Waals surface area contributed by atoms with E-state index >= 15 is 0 Å². The highest BCUT2D eigenvalue weighted by Gasteiger charge is 2.21. The van der Waals surface area contributed by atoms with Gasteiger partial charge in [0.15, 0.2) is 5.78 Å². The Kier molecular flexibility index (Phi) is 6.09. The molecule has 7 heteroatoms. The number of nitrogens with one attached hydrogen (secondary N) is 1. The largest absolute Gasteiger partial charge is 0.368 e. The average Bonchev–Trinajstić information content (AvgIpc) is 3.27. The van der Waals surface area contributed by atoms with Gasteiger partial charge in [0.2, 0.25) is 0 Å². The molecule has 2 aromatic carbocycles. The number of carbonyl (C=O) groups is 2. The fraction of sp³-hybridized carbons (Fsp3) is 0.261. The number of hydrogen-bond acceptors (Lipinski definition) is 5. The number of piperazine rings is 1. The lowest BCUT2D eigenvalue weighted by Gasteiger charge is -2.36. The maximum atomic E-state index is 12.5. The SMILES string of the molecule is CC(=O)c1ccc(N2CCN(C(=O)NCc3nc(-c4ccccc4)cs3)CC2)cc1. The molecule has 1 N–H and O–H groups in total. The molecule has 1 aliphatic rings. The van der Waals surface area contributed by atoms with Crippen LogP contribution in [-0.4, -0.2) is 47.9 Å². The molecule has 0 bridgehead atoms. The van der Waals surface area contributed by atoms with Crippen LogP contribution in [0.3, 0.4) is 0 Å². The number of ketones is 1. The van der Waals surface area contributed by atoms with Crippen LogP contribution in [0.15, 0.2) is 60.0 Å². The fourth-order valence-corrected chi connectivity index (χ4v) is 4.21. The third-order valence-electron chi connectivity index (χ3n) is 5.22. The van der Waals surface area contributed by atoms with Crippen LogP contribution >= 0.6 is 11.3 Å². The first-order valence-electron chi connectivity index (χ1n) is 9.99. The zero-order chi connectivity index (χ0) is 20.9. The van der Waals surface area contributed by atoms with Crippen molar-refractivity contribution in [2.24, 2.45) is 0 Å². The van der Waals surface area contributed by atoms with Crippen molar-refractivity contribution in [2.75, 3.05) is 31.1 Å². The highest BCUT2D eigenvalue weighted by molar-refractivity contribution is 7.09. The van der Waals surface area contributed by atoms with Crippen LogP contribution in [0.25, 0.3) is 11.3 Å². The molecular formula is C23H24N4O2S. The zero-order valence-electron chi connectivity index (χ0n) is 16.9. The lowest BCUT2D eigenvalue weighted by molar-refractivity contribution is 0.101. The Bertz CT molecular complexity index is 1010. The molecule has 0 aliphatic carbocycles. The molecule has 0 saturated carbocycles. The van der Waals surface area contributed by atoms with E-state index in [1.165, 1.54) is 0 Å². The van der Waals surface area contributed by atoms with Gasteiger partial charge < -0.3 is 15.1 Å². The first kappa shape index (κ1) is 20.1. The van der Waals surface area contributed by atoms with Gasteiger partial charge in [-0.05, 0) is 31.2 Å². The Balaban J connectivity index is 1.26. The van der Waals surface area contributed by atoms with Gasteiger partial charge in [-0.3, -0.25) is 4.79 Å². The number of urea groups is 1. The van der Waals surface area contributed by atoms with Crippen LogP contribution in [0, 0.1) is 0 Å². The second-order valence-electron chi connectivity index (χ2n) is 7.23. The summed E-state index contributed by atoms with van der Waals surface area (Å²) in [6, 6.07) is 17.6. The van der Waals surface area contributed by atoms with E-state index in [0.717, 1.165) is 40.6 Å². The molecule has 0 spiro atoms. The third-order valence-corrected chi connectivity index (χ3v) is 6.07. The first-order chi connectivity index (χ1) is 14.6. The van der Waals surface area contributed by atoms with E-state index in [4.69, 9.17) is 0 Å². The zero-order valence-corrected chi connectivity index (χ0v) is 17.7. The maximum Gasteiger partial charge on any atom is 0.317 e. The van der Waals surface area contributed by atoms with Gasteiger partial charge in [-0.25, -0.2) is 9.78 Å². The molecule has 154 valence electrons. The number of nitrogens with zero attached hydrogens (tertiary/aromatic N) is 3. The summed E-state index contributed by atoms with van der Waals surface area (Å²) in [7, 11) is 0. The van der Waals surface area contributed by atoms with Gasteiger partial charge in [0.05, 0.1) is 12.2 Å². The van der Waals surface area contributed by atoms with Crippen molar-refractivity contribution in [1.82, 2.24) is 15.2 Å². The number of benzene rings is 2. The van der Waals surface area contributed by atoms with Crippen molar-refractivity contribution in [2.45, 2.75) is 13.5 Å². The van der Waals surface area contributed by atoms with E-state index in [9.17, 15) is 9.59 Å². The quantitative estimate of drug-likeness (QED) is 0.633. The number of aromatic nitrogens is 1. The molecule has 2 amide bonds. The van der Waals surface area contributed by atoms with E-state index in [-0.39, 0.29) is 11.8 Å². The molecule has 30 heavy (non-hydrogen) atoms. The van der Waals surface area contributed by atoms with Crippen molar-refractivity contribution in [3.63, 3.8) is 0 Å². The molecule has 0 atom stereocenters. The number of amides is 2. The smallest absolute Gasteiger partial charge is 0.317 e. The molecule has 2 heterocycles. The Labute approximate surface area is 180 Å². The Morgan fingerprint density at radius 1 is 1.00 bits per heavy atom. The first-order valence-corrected chi connectivity index (χ1v) is 10.9. The van der Waals surface area contributed by atoms with E-state index < -0.39 is 0 Å². The minimum atomic E-state index is -0.0574. The van der Waals surface area contributed by atoms with Gasteiger partial charge in [0.1, 0.15) is 5.01 Å². The predicted molar refractivity (Wildman–Crippen MR) is 120 cm³/mol.